The Morgan fingerprint density at radius 1 is 1.46 bits per heavy atom. The summed E-state index contributed by atoms with van der Waals surface area (Å²) in [5.41, 5.74) is 5.95. The van der Waals surface area contributed by atoms with Crippen molar-refractivity contribution in [1.82, 2.24) is 19.5 Å². The molecule has 2 aliphatic rings. The molecule has 6 atom stereocenters. The topological polar surface area (TPSA) is 157 Å². The molecule has 14 heteroatoms. The highest BCUT2D eigenvalue weighted by molar-refractivity contribution is 8.74. The Kier molecular flexibility index (Phi) is 5.85. The number of hydrogen-bond acceptors (Lipinski definition) is 11. The first-order valence-corrected chi connectivity index (χ1v) is 12.7. The predicted octanol–water partition coefficient (Wildman–Crippen LogP) is 1.69. The molecule has 0 radical (unpaired) electrons. The Balaban J connectivity index is 1.54. The summed E-state index contributed by atoms with van der Waals surface area (Å²) in [6.07, 6.45) is 0.213. The molecule has 10 nitrogen and oxygen atoms in total. The van der Waals surface area contributed by atoms with Gasteiger partial charge in [-0.1, -0.05) is 10.8 Å². The number of imidazole rings is 1. The van der Waals surface area contributed by atoms with Gasteiger partial charge in [0.1, 0.15) is 11.6 Å². The fourth-order valence-electron chi connectivity index (χ4n) is 4.26. The lowest BCUT2D eigenvalue weighted by atomic mass is 10.0. The van der Waals surface area contributed by atoms with Gasteiger partial charge < -0.3 is 29.6 Å². The van der Waals surface area contributed by atoms with Crippen molar-refractivity contribution in [3.8, 4) is 0 Å². The molecule has 2 heterocycles. The van der Waals surface area contributed by atoms with Gasteiger partial charge in [0.05, 0.1) is 36.2 Å². The molecule has 0 aromatic carbocycles. The monoisotopic (exact) mass is 467 g/mol. The maximum atomic E-state index is 12.4. The highest BCUT2D eigenvalue weighted by Gasteiger charge is 2.71. The third-order valence-corrected chi connectivity index (χ3v) is 8.45. The molecule has 154 valence electrons. The summed E-state index contributed by atoms with van der Waals surface area (Å²) >= 11 is 6.54. The highest BCUT2D eigenvalue weighted by Crippen LogP contribution is 2.70. The molecular formula is C14H19ClN5O5PS2. The second-order valence-electron chi connectivity index (χ2n) is 6.97. The van der Waals surface area contributed by atoms with Crippen molar-refractivity contribution in [2.75, 3.05) is 24.3 Å². The maximum absolute atomic E-state index is 12.4. The number of nitrogen functional groups attached to an aromatic ring is 1. The number of nitrogens with zero attached hydrogens (tertiary/aromatic N) is 4. The molecule has 0 bridgehead atoms. The van der Waals surface area contributed by atoms with Crippen LogP contribution in [-0.2, 0) is 9.09 Å². The summed E-state index contributed by atoms with van der Waals surface area (Å²) in [5, 5.41) is 21.3. The minimum Gasteiger partial charge on any atom is -0.390 e. The van der Waals surface area contributed by atoms with Gasteiger partial charge in [0.2, 0.25) is 5.28 Å². The van der Waals surface area contributed by atoms with Crippen molar-refractivity contribution in [2.45, 2.75) is 24.7 Å². The Bertz CT molecular complexity index is 922. The van der Waals surface area contributed by atoms with Crippen LogP contribution in [0.4, 0.5) is 5.82 Å². The Hall–Kier alpha value is -0.590. The van der Waals surface area contributed by atoms with Gasteiger partial charge in [-0.15, -0.1) is 0 Å². The highest BCUT2D eigenvalue weighted by atomic mass is 35.5. The second-order valence-corrected chi connectivity index (χ2v) is 10.6. The maximum Gasteiger partial charge on any atom is 0.226 e. The van der Waals surface area contributed by atoms with Crippen LogP contribution in [0, 0.1) is 11.3 Å². The zero-order chi connectivity index (χ0) is 20.1. The molecule has 0 spiro atoms. The van der Waals surface area contributed by atoms with Crippen molar-refractivity contribution in [1.29, 1.82) is 0 Å². The molecule has 2 aliphatic carbocycles. The van der Waals surface area contributed by atoms with Crippen molar-refractivity contribution >= 4 is 58.5 Å². The Morgan fingerprint density at radius 3 is 3.00 bits per heavy atom. The first-order chi connectivity index (χ1) is 13.4. The van der Waals surface area contributed by atoms with Crippen molar-refractivity contribution in [3.05, 3.63) is 11.6 Å². The molecule has 5 N–H and O–H groups in total. The molecule has 2 saturated carbocycles. The molecule has 2 fully saturated rings. The van der Waals surface area contributed by atoms with E-state index in [1.165, 1.54) is 17.1 Å². The van der Waals surface area contributed by atoms with E-state index < -0.39 is 31.7 Å². The fraction of sp³-hybridized carbons (Fsp3) is 0.643. The van der Waals surface area contributed by atoms with E-state index in [-0.39, 0.29) is 29.8 Å². The van der Waals surface area contributed by atoms with Crippen LogP contribution < -0.4 is 5.73 Å². The Labute approximate surface area is 173 Å². The van der Waals surface area contributed by atoms with Crippen LogP contribution in [-0.4, -0.2) is 65.0 Å². The van der Waals surface area contributed by atoms with E-state index in [1.807, 2.05) is 0 Å². The van der Waals surface area contributed by atoms with Crippen LogP contribution in [0.3, 0.4) is 0 Å². The largest absolute Gasteiger partial charge is 0.390 e. The van der Waals surface area contributed by atoms with E-state index in [2.05, 4.69) is 15.0 Å². The van der Waals surface area contributed by atoms with Gasteiger partial charge in [0, 0.05) is 17.3 Å². The number of aromatic nitrogens is 4. The number of anilines is 1. The summed E-state index contributed by atoms with van der Waals surface area (Å²) in [7, 11) is -1.19. The minimum absolute atomic E-state index is 0.0285. The minimum atomic E-state index is -2.39. The van der Waals surface area contributed by atoms with Crippen molar-refractivity contribution < 1.29 is 23.9 Å². The smallest absolute Gasteiger partial charge is 0.226 e. The van der Waals surface area contributed by atoms with Gasteiger partial charge >= 0.3 is 0 Å². The molecule has 4 rings (SSSR count). The van der Waals surface area contributed by atoms with Crippen LogP contribution in [0.2, 0.25) is 5.28 Å². The van der Waals surface area contributed by atoms with Crippen LogP contribution in [0.1, 0.15) is 12.5 Å². The van der Waals surface area contributed by atoms with Gasteiger partial charge in [-0.25, -0.2) is 4.98 Å². The Morgan fingerprint density at radius 2 is 2.25 bits per heavy atom. The van der Waals surface area contributed by atoms with E-state index in [4.69, 9.17) is 26.4 Å². The van der Waals surface area contributed by atoms with E-state index in [0.29, 0.717) is 34.4 Å². The number of nitrogens with two attached hydrogens (primary N) is 1. The number of aliphatic hydroxyl groups is 2. The molecule has 0 saturated heterocycles. The number of rotatable bonds is 8. The summed E-state index contributed by atoms with van der Waals surface area (Å²) in [6.45, 7) is 0.250. The average molecular weight is 468 g/mol. The van der Waals surface area contributed by atoms with E-state index in [9.17, 15) is 14.8 Å². The average Bonchev–Trinajstić information content (AvgIpc) is 3.12. The second kappa shape index (κ2) is 7.92. The number of fused-ring (bicyclic) bond motifs is 2. The molecule has 28 heavy (non-hydrogen) atoms. The number of aliphatic hydroxyl groups excluding tert-OH is 2. The van der Waals surface area contributed by atoms with Crippen LogP contribution in [0.15, 0.2) is 6.33 Å². The first-order valence-electron chi connectivity index (χ1n) is 8.49. The van der Waals surface area contributed by atoms with Gasteiger partial charge in [-0.05, 0) is 23.9 Å². The van der Waals surface area contributed by atoms with Crippen molar-refractivity contribution in [2.24, 2.45) is 11.3 Å². The van der Waals surface area contributed by atoms with Crippen LogP contribution >= 0.6 is 41.5 Å². The normalized spacial score (nSPS) is 32.6. The SMILES string of the molecule is Nc1nc(Cl)nc2c1ncn2[C@H]1[C@H](O)[C@H](O)[C@@]2(C[PH](=O)OCCSSO)C[C@H]12. The van der Waals surface area contributed by atoms with Crippen LogP contribution in [0.25, 0.3) is 11.2 Å². The van der Waals surface area contributed by atoms with E-state index in [0.717, 1.165) is 0 Å². The first kappa shape index (κ1) is 20.7. The summed E-state index contributed by atoms with van der Waals surface area (Å²) in [5.74, 6) is 0.552. The third kappa shape index (κ3) is 3.43. The lowest BCUT2D eigenvalue weighted by Gasteiger charge is -2.24. The lowest BCUT2D eigenvalue weighted by molar-refractivity contribution is -0.0132. The predicted molar refractivity (Wildman–Crippen MR) is 109 cm³/mol. The molecule has 1 unspecified atom stereocenters. The van der Waals surface area contributed by atoms with Gasteiger partial charge in [0.25, 0.3) is 0 Å². The molecule has 0 amide bonds. The fourth-order valence-corrected chi connectivity index (χ4v) is 6.82. The molecule has 0 aliphatic heterocycles. The third-order valence-electron chi connectivity index (χ3n) is 5.55. The summed E-state index contributed by atoms with van der Waals surface area (Å²) < 4.78 is 28.0. The zero-order valence-electron chi connectivity index (χ0n) is 14.4. The van der Waals surface area contributed by atoms with Crippen molar-refractivity contribution in [3.63, 3.8) is 0 Å². The van der Waals surface area contributed by atoms with E-state index >= 15 is 0 Å². The lowest BCUT2D eigenvalue weighted by Crippen LogP contribution is -2.35. The van der Waals surface area contributed by atoms with Gasteiger partial charge in [-0.3, -0.25) is 4.57 Å². The quantitative estimate of drug-likeness (QED) is 0.147. The van der Waals surface area contributed by atoms with Gasteiger partial charge in [0.15, 0.2) is 19.5 Å². The number of halogens is 1. The molecule has 2 aromatic rings. The summed E-state index contributed by atoms with van der Waals surface area (Å²) in [6, 6.07) is -0.485. The zero-order valence-corrected chi connectivity index (χ0v) is 17.8. The standard InChI is InChI=1S/C14H19ClN5O5PS2/c15-13-18-11(16)7-12(19-13)20(5-17-7)8-6-3-14(6,10(22)9(8)21)4-26(23)25-1-2-27-28-24/h5-6,8-10,21-22,24,26H,1-4H2,(H2,16,18,19)/t6-,8-,9+,10+,14-/m1/s1. The van der Waals surface area contributed by atoms with Gasteiger partial charge in [-0.2, -0.15) is 9.97 Å². The molecular weight excluding hydrogens is 449 g/mol. The number of hydrogen-bond donors (Lipinski definition) is 4. The van der Waals surface area contributed by atoms with E-state index in [1.54, 1.807) is 4.57 Å². The summed E-state index contributed by atoms with van der Waals surface area (Å²) in [4.78, 5) is 12.3. The molecule has 2 aromatic heterocycles. The van der Waals surface area contributed by atoms with Crippen LogP contribution in [0.5, 0.6) is 0 Å².